The zero-order valence-corrected chi connectivity index (χ0v) is 18.7. The highest BCUT2D eigenvalue weighted by molar-refractivity contribution is 5.87. The molecule has 0 unspecified atom stereocenters. The molecule has 0 amide bonds. The Labute approximate surface area is 183 Å². The summed E-state index contributed by atoms with van der Waals surface area (Å²) in [5, 5.41) is 2.59. The van der Waals surface area contributed by atoms with Gasteiger partial charge in [0.15, 0.2) is 5.52 Å². The van der Waals surface area contributed by atoms with Gasteiger partial charge in [0.1, 0.15) is 17.2 Å². The van der Waals surface area contributed by atoms with Crippen LogP contribution in [0, 0.1) is 0 Å². The van der Waals surface area contributed by atoms with Crippen LogP contribution in [-0.2, 0) is 5.41 Å². The lowest BCUT2D eigenvalue weighted by Gasteiger charge is -2.28. The second-order valence-corrected chi connectivity index (χ2v) is 10.1. The fraction of sp³-hybridized carbons (Fsp3) is 0.321. The maximum atomic E-state index is 2.54. The van der Waals surface area contributed by atoms with E-state index in [1.807, 2.05) is 0 Å². The first kappa shape index (κ1) is 18.7. The van der Waals surface area contributed by atoms with Crippen molar-refractivity contribution < 1.29 is 4.40 Å². The number of anilines is 1. The Morgan fingerprint density at radius 3 is 2.39 bits per heavy atom. The lowest BCUT2D eigenvalue weighted by atomic mass is 9.86. The first-order chi connectivity index (χ1) is 15.0. The van der Waals surface area contributed by atoms with Crippen LogP contribution < -0.4 is 9.30 Å². The minimum atomic E-state index is 0.152. The van der Waals surface area contributed by atoms with E-state index < -0.39 is 0 Å². The van der Waals surface area contributed by atoms with Gasteiger partial charge in [0.2, 0.25) is 0 Å². The van der Waals surface area contributed by atoms with E-state index in [1.54, 1.807) is 0 Å². The third-order valence-electron chi connectivity index (χ3n) is 6.97. The normalized spacial score (nSPS) is 15.5. The summed E-state index contributed by atoms with van der Waals surface area (Å²) in [4.78, 5) is 2.54. The molecule has 1 aliphatic heterocycles. The average molecular weight is 409 g/mol. The van der Waals surface area contributed by atoms with Crippen molar-refractivity contribution in [1.82, 2.24) is 4.40 Å². The average Bonchev–Trinajstić information content (AvgIpc) is 3.18. The number of pyridine rings is 2. The Bertz CT molecular complexity index is 1450. The Kier molecular flexibility index (Phi) is 4.05. The maximum Gasteiger partial charge on any atom is 0.292 e. The van der Waals surface area contributed by atoms with Crippen molar-refractivity contribution in [2.75, 3.05) is 18.0 Å². The highest BCUT2D eigenvalue weighted by atomic mass is 15.1. The molecule has 1 fully saturated rings. The summed E-state index contributed by atoms with van der Waals surface area (Å²) in [6.45, 7) is 9.19. The number of piperidine rings is 1. The van der Waals surface area contributed by atoms with Crippen LogP contribution in [0.15, 0.2) is 66.9 Å². The molecule has 0 bridgehead atoms. The van der Waals surface area contributed by atoms with E-state index in [2.05, 4.69) is 101 Å². The molecule has 31 heavy (non-hydrogen) atoms. The smallest absolute Gasteiger partial charge is 0.292 e. The third-order valence-corrected chi connectivity index (χ3v) is 6.97. The van der Waals surface area contributed by atoms with Gasteiger partial charge in [-0.15, -0.1) is 0 Å². The molecule has 3 aromatic heterocycles. The van der Waals surface area contributed by atoms with E-state index in [0.29, 0.717) is 0 Å². The molecule has 0 spiro atoms. The van der Waals surface area contributed by atoms with Crippen LogP contribution in [0.2, 0.25) is 0 Å². The summed E-state index contributed by atoms with van der Waals surface area (Å²) in [5.74, 6) is 0. The SMILES string of the molecule is CC(C)(C)c1ccc2c(ccc3c[n+]4c5ccc(N6CCCCC6)cc5ccc4n32)c1. The molecular formula is C28H30N3+. The summed E-state index contributed by atoms with van der Waals surface area (Å²) in [6, 6.07) is 22.9. The van der Waals surface area contributed by atoms with Crippen molar-refractivity contribution in [2.24, 2.45) is 0 Å². The molecule has 156 valence electrons. The molecule has 1 aliphatic rings. The number of nitrogens with zero attached hydrogens (tertiary/aromatic N) is 3. The highest BCUT2D eigenvalue weighted by Gasteiger charge is 2.20. The summed E-state index contributed by atoms with van der Waals surface area (Å²) in [6.07, 6.45) is 6.25. The lowest BCUT2D eigenvalue weighted by molar-refractivity contribution is -0.479. The van der Waals surface area contributed by atoms with E-state index in [1.165, 1.54) is 76.6 Å². The van der Waals surface area contributed by atoms with Crippen molar-refractivity contribution >= 4 is 38.7 Å². The van der Waals surface area contributed by atoms with Gasteiger partial charge in [-0.2, -0.15) is 8.80 Å². The van der Waals surface area contributed by atoms with Gasteiger partial charge in [-0.05, 0) is 78.8 Å². The predicted molar refractivity (Wildman–Crippen MR) is 130 cm³/mol. The van der Waals surface area contributed by atoms with Gasteiger partial charge >= 0.3 is 0 Å². The molecule has 4 heterocycles. The Balaban J connectivity index is 1.56. The molecule has 5 aromatic rings. The van der Waals surface area contributed by atoms with Crippen LogP contribution in [0.25, 0.3) is 33.0 Å². The van der Waals surface area contributed by atoms with Gasteiger partial charge in [0, 0.05) is 35.6 Å². The molecule has 3 heteroatoms. The van der Waals surface area contributed by atoms with Crippen LogP contribution >= 0.6 is 0 Å². The van der Waals surface area contributed by atoms with Crippen LogP contribution in [0.5, 0.6) is 0 Å². The topological polar surface area (TPSA) is 11.8 Å². The van der Waals surface area contributed by atoms with E-state index in [4.69, 9.17) is 0 Å². The van der Waals surface area contributed by atoms with Crippen molar-refractivity contribution in [3.05, 3.63) is 72.4 Å². The molecule has 3 nitrogen and oxygen atoms in total. The van der Waals surface area contributed by atoms with E-state index >= 15 is 0 Å². The van der Waals surface area contributed by atoms with Crippen LogP contribution in [0.1, 0.15) is 45.6 Å². The fourth-order valence-electron chi connectivity index (χ4n) is 5.17. The number of rotatable bonds is 1. The Hall–Kier alpha value is -3.07. The zero-order chi connectivity index (χ0) is 21.2. The highest BCUT2D eigenvalue weighted by Crippen LogP contribution is 2.29. The molecule has 0 aliphatic carbocycles. The number of benzene rings is 2. The van der Waals surface area contributed by atoms with Gasteiger partial charge in [0.25, 0.3) is 5.65 Å². The molecule has 0 radical (unpaired) electrons. The Morgan fingerprint density at radius 1 is 0.774 bits per heavy atom. The summed E-state index contributed by atoms with van der Waals surface area (Å²) in [7, 11) is 0. The van der Waals surface area contributed by atoms with E-state index in [0.717, 1.165) is 0 Å². The quantitative estimate of drug-likeness (QED) is 0.298. The monoisotopic (exact) mass is 408 g/mol. The first-order valence-corrected chi connectivity index (χ1v) is 11.6. The second kappa shape index (κ2) is 6.71. The zero-order valence-electron chi connectivity index (χ0n) is 18.7. The van der Waals surface area contributed by atoms with Gasteiger partial charge in [0.05, 0.1) is 0 Å². The molecule has 6 rings (SSSR count). The first-order valence-electron chi connectivity index (χ1n) is 11.6. The molecule has 0 N–H and O–H groups in total. The van der Waals surface area contributed by atoms with E-state index in [9.17, 15) is 0 Å². The lowest BCUT2D eigenvalue weighted by Crippen LogP contribution is -2.29. The van der Waals surface area contributed by atoms with Crippen molar-refractivity contribution in [3.63, 3.8) is 0 Å². The molecule has 0 atom stereocenters. The molecule has 0 saturated carbocycles. The maximum absolute atomic E-state index is 2.54. The van der Waals surface area contributed by atoms with Crippen molar-refractivity contribution in [1.29, 1.82) is 0 Å². The van der Waals surface area contributed by atoms with Crippen molar-refractivity contribution in [3.8, 4) is 0 Å². The number of imidazole rings is 1. The Morgan fingerprint density at radius 2 is 1.58 bits per heavy atom. The number of aromatic nitrogens is 2. The molecule has 2 aromatic carbocycles. The largest absolute Gasteiger partial charge is 0.372 e. The van der Waals surface area contributed by atoms with Crippen LogP contribution in [0.4, 0.5) is 5.69 Å². The fourth-order valence-corrected chi connectivity index (χ4v) is 5.17. The van der Waals surface area contributed by atoms with Gasteiger partial charge in [-0.1, -0.05) is 26.8 Å². The second-order valence-electron chi connectivity index (χ2n) is 10.1. The van der Waals surface area contributed by atoms with Gasteiger partial charge in [-0.3, -0.25) is 0 Å². The molecule has 1 saturated heterocycles. The van der Waals surface area contributed by atoms with Crippen LogP contribution in [0.3, 0.4) is 0 Å². The minimum absolute atomic E-state index is 0.152. The third kappa shape index (κ3) is 2.98. The predicted octanol–water partition coefficient (Wildman–Crippen LogP) is 6.27. The summed E-state index contributed by atoms with van der Waals surface area (Å²) in [5.41, 5.74) is 7.85. The number of hydrogen-bond acceptors (Lipinski definition) is 1. The van der Waals surface area contributed by atoms with Crippen molar-refractivity contribution in [2.45, 2.75) is 45.4 Å². The molecular weight excluding hydrogens is 378 g/mol. The van der Waals surface area contributed by atoms with Gasteiger partial charge < -0.3 is 4.90 Å². The standard InChI is InChI=1S/C28H30N3/c1-28(2,3)22-9-12-26-20(17-22)7-10-24-19-30-25-13-11-23(29-15-5-4-6-16-29)18-21(25)8-14-27(30)31(24)26/h7-14,17-19H,4-6,15-16H2,1-3H3/q+1. The summed E-state index contributed by atoms with van der Waals surface area (Å²) >= 11 is 0. The van der Waals surface area contributed by atoms with Crippen LogP contribution in [-0.4, -0.2) is 17.5 Å². The minimum Gasteiger partial charge on any atom is -0.372 e. The van der Waals surface area contributed by atoms with E-state index in [-0.39, 0.29) is 5.41 Å². The van der Waals surface area contributed by atoms with Gasteiger partial charge in [-0.25, -0.2) is 0 Å². The summed E-state index contributed by atoms with van der Waals surface area (Å²) < 4.78 is 4.74. The number of fused-ring (bicyclic) bond motifs is 7. The number of hydrogen-bond donors (Lipinski definition) is 0.